The predicted octanol–water partition coefficient (Wildman–Crippen LogP) is 4.95. The van der Waals surface area contributed by atoms with Crippen molar-refractivity contribution >= 4 is 5.78 Å². The van der Waals surface area contributed by atoms with E-state index >= 15 is 0 Å². The Hall–Kier alpha value is -2.58. The van der Waals surface area contributed by atoms with Gasteiger partial charge in [-0.25, -0.2) is 0 Å². The van der Waals surface area contributed by atoms with E-state index in [1.165, 1.54) is 0 Å². The first-order chi connectivity index (χ1) is 10.1. The van der Waals surface area contributed by atoms with Gasteiger partial charge in [-0.15, -0.1) is 0 Å². The van der Waals surface area contributed by atoms with Gasteiger partial charge in [-0.05, 0) is 11.1 Å². The summed E-state index contributed by atoms with van der Waals surface area (Å²) < 4.78 is 0. The van der Waals surface area contributed by atoms with Crippen LogP contribution in [-0.2, 0) is 0 Å². The molecule has 106 valence electrons. The zero-order valence-corrected chi connectivity index (χ0v) is 12.1. The van der Waals surface area contributed by atoms with E-state index < -0.39 is 11.5 Å². The highest BCUT2D eigenvalue weighted by Gasteiger charge is 2.37. The summed E-state index contributed by atoms with van der Waals surface area (Å²) in [6.07, 6.45) is 0. The second kappa shape index (κ2) is 6.25. The van der Waals surface area contributed by atoms with Crippen LogP contribution in [0.3, 0.4) is 0 Å². The molecule has 0 fully saturated rings. The molecule has 2 rings (SSSR count). The number of benzene rings is 2. The Labute approximate surface area is 124 Å². The van der Waals surface area contributed by atoms with Gasteiger partial charge in [0.25, 0.3) is 0 Å². The second-order valence-electron chi connectivity index (χ2n) is 5.43. The van der Waals surface area contributed by atoms with Gasteiger partial charge in [-0.3, -0.25) is 4.79 Å². The first-order valence-corrected chi connectivity index (χ1v) is 6.76. The lowest BCUT2D eigenvalue weighted by Gasteiger charge is -2.30. The summed E-state index contributed by atoms with van der Waals surface area (Å²) in [7, 11) is 0. The van der Waals surface area contributed by atoms with E-state index in [-0.39, 0.29) is 5.78 Å². The van der Waals surface area contributed by atoms with Crippen LogP contribution in [-0.4, -0.2) is 5.78 Å². The molecule has 0 aliphatic heterocycles. The van der Waals surface area contributed by atoms with Crippen molar-refractivity contribution in [1.82, 2.24) is 0 Å². The van der Waals surface area contributed by atoms with Crippen LogP contribution in [0.5, 0.6) is 0 Å². The van der Waals surface area contributed by atoms with Crippen LogP contribution < -0.4 is 0 Å². The molecule has 0 saturated carbocycles. The summed E-state index contributed by atoms with van der Waals surface area (Å²) in [4.78, 5) is 15.7. The standard InChI is InChI=1S/C17H17N3O/c1-17(2,16(21)14-11-7-4-8-12-14)15(19-20-18)13-9-5-3-6-10-13/h3-12,15H,1-2H3. The number of hydrogen-bond donors (Lipinski definition) is 0. The summed E-state index contributed by atoms with van der Waals surface area (Å²) in [6.45, 7) is 3.63. The Bertz CT molecular complexity index is 659. The minimum Gasteiger partial charge on any atom is -0.294 e. The number of nitrogens with zero attached hydrogens (tertiary/aromatic N) is 3. The Morgan fingerprint density at radius 3 is 2.10 bits per heavy atom. The zero-order chi connectivity index (χ0) is 15.3. The van der Waals surface area contributed by atoms with Gasteiger partial charge in [-0.1, -0.05) is 79.6 Å². The number of carbonyl (C=O) groups excluding carboxylic acids is 1. The van der Waals surface area contributed by atoms with Crippen molar-refractivity contribution in [2.45, 2.75) is 19.9 Å². The molecule has 0 aliphatic carbocycles. The average Bonchev–Trinajstić information content (AvgIpc) is 2.53. The van der Waals surface area contributed by atoms with Gasteiger partial charge in [0, 0.05) is 15.9 Å². The third kappa shape index (κ3) is 3.12. The van der Waals surface area contributed by atoms with Gasteiger partial charge in [0.2, 0.25) is 0 Å². The average molecular weight is 279 g/mol. The van der Waals surface area contributed by atoms with E-state index in [1.54, 1.807) is 12.1 Å². The molecule has 0 radical (unpaired) electrons. The van der Waals surface area contributed by atoms with Crippen molar-refractivity contribution in [3.8, 4) is 0 Å². The molecular weight excluding hydrogens is 262 g/mol. The van der Waals surface area contributed by atoms with Crippen molar-refractivity contribution in [3.63, 3.8) is 0 Å². The molecule has 0 N–H and O–H groups in total. The fourth-order valence-electron chi connectivity index (χ4n) is 2.40. The maximum absolute atomic E-state index is 12.8. The third-order valence-corrected chi connectivity index (χ3v) is 3.59. The minimum atomic E-state index is -0.824. The topological polar surface area (TPSA) is 65.8 Å². The maximum Gasteiger partial charge on any atom is 0.169 e. The Kier molecular flexibility index (Phi) is 4.41. The van der Waals surface area contributed by atoms with Gasteiger partial charge >= 0.3 is 0 Å². The van der Waals surface area contributed by atoms with Crippen molar-refractivity contribution < 1.29 is 4.79 Å². The molecule has 0 aromatic heterocycles. The first kappa shape index (κ1) is 14.8. The monoisotopic (exact) mass is 279 g/mol. The fraction of sp³-hybridized carbons (Fsp3) is 0.235. The maximum atomic E-state index is 12.8. The lowest BCUT2D eigenvalue weighted by atomic mass is 9.75. The van der Waals surface area contributed by atoms with Crippen LogP contribution in [0.25, 0.3) is 10.4 Å². The Morgan fingerprint density at radius 1 is 1.05 bits per heavy atom. The van der Waals surface area contributed by atoms with E-state index in [1.807, 2.05) is 62.4 Å². The molecule has 0 heterocycles. The molecule has 2 aromatic carbocycles. The van der Waals surface area contributed by atoms with Crippen LogP contribution in [0.4, 0.5) is 0 Å². The number of azide groups is 1. The van der Waals surface area contributed by atoms with Gasteiger partial charge in [0.05, 0.1) is 6.04 Å². The summed E-state index contributed by atoms with van der Waals surface area (Å²) in [5, 5.41) is 3.87. The van der Waals surface area contributed by atoms with Crippen molar-refractivity contribution in [2.75, 3.05) is 0 Å². The molecule has 0 spiro atoms. The highest BCUT2D eigenvalue weighted by Crippen LogP contribution is 2.39. The van der Waals surface area contributed by atoms with Crippen molar-refractivity contribution in [3.05, 3.63) is 82.2 Å². The zero-order valence-electron chi connectivity index (χ0n) is 12.1. The van der Waals surface area contributed by atoms with E-state index in [2.05, 4.69) is 10.0 Å². The number of ketones is 1. The minimum absolute atomic E-state index is 0.0376. The highest BCUT2D eigenvalue weighted by molar-refractivity contribution is 6.00. The molecule has 2 aromatic rings. The molecular formula is C17H17N3O. The number of Topliss-reactive ketones (excluding diaryl/α,β-unsaturated/α-hetero) is 1. The largest absolute Gasteiger partial charge is 0.294 e. The van der Waals surface area contributed by atoms with Crippen LogP contribution in [0.1, 0.15) is 35.8 Å². The first-order valence-electron chi connectivity index (χ1n) is 6.76. The molecule has 1 unspecified atom stereocenters. The van der Waals surface area contributed by atoms with E-state index in [0.717, 1.165) is 5.56 Å². The van der Waals surface area contributed by atoms with Crippen molar-refractivity contribution in [1.29, 1.82) is 0 Å². The van der Waals surface area contributed by atoms with E-state index in [4.69, 9.17) is 5.53 Å². The molecule has 0 saturated heterocycles. The van der Waals surface area contributed by atoms with Gasteiger partial charge in [0.15, 0.2) is 5.78 Å². The molecule has 0 bridgehead atoms. The molecule has 0 amide bonds. The third-order valence-electron chi connectivity index (χ3n) is 3.59. The van der Waals surface area contributed by atoms with E-state index in [9.17, 15) is 4.79 Å². The van der Waals surface area contributed by atoms with Gasteiger partial charge in [-0.2, -0.15) is 0 Å². The van der Waals surface area contributed by atoms with Crippen molar-refractivity contribution in [2.24, 2.45) is 10.5 Å². The molecule has 4 heteroatoms. The summed E-state index contributed by atoms with van der Waals surface area (Å²) >= 11 is 0. The molecule has 1 atom stereocenters. The van der Waals surface area contributed by atoms with Gasteiger partial charge in [0.1, 0.15) is 0 Å². The fourth-order valence-corrected chi connectivity index (χ4v) is 2.40. The van der Waals surface area contributed by atoms with Crippen LogP contribution in [0.15, 0.2) is 65.8 Å². The van der Waals surface area contributed by atoms with E-state index in [0.29, 0.717) is 5.56 Å². The number of hydrogen-bond acceptors (Lipinski definition) is 2. The molecule has 21 heavy (non-hydrogen) atoms. The number of rotatable bonds is 5. The Morgan fingerprint density at radius 2 is 1.57 bits per heavy atom. The lowest BCUT2D eigenvalue weighted by Crippen LogP contribution is -2.30. The van der Waals surface area contributed by atoms with Crippen LogP contribution in [0, 0.1) is 5.41 Å². The summed E-state index contributed by atoms with van der Waals surface area (Å²) in [6, 6.07) is 17.9. The lowest BCUT2D eigenvalue weighted by molar-refractivity contribution is 0.0801. The Balaban J connectivity index is 2.43. The molecule has 0 aliphatic rings. The number of carbonyl (C=O) groups is 1. The SMILES string of the molecule is CC(C)(C(=O)c1ccccc1)C(N=[N+]=[N-])c1ccccc1. The molecule has 4 nitrogen and oxygen atoms in total. The summed E-state index contributed by atoms with van der Waals surface area (Å²) in [5.74, 6) is -0.0376. The van der Waals surface area contributed by atoms with Crippen LogP contribution in [0.2, 0.25) is 0 Å². The second-order valence-corrected chi connectivity index (χ2v) is 5.43. The van der Waals surface area contributed by atoms with Gasteiger partial charge < -0.3 is 0 Å². The highest BCUT2D eigenvalue weighted by atomic mass is 16.1. The quantitative estimate of drug-likeness (QED) is 0.330. The smallest absolute Gasteiger partial charge is 0.169 e. The van der Waals surface area contributed by atoms with Crippen LogP contribution >= 0.6 is 0 Å². The predicted molar refractivity (Wildman–Crippen MR) is 82.9 cm³/mol. The normalized spacial score (nSPS) is 12.3. The summed E-state index contributed by atoms with van der Waals surface area (Å²) in [5.41, 5.74) is 9.50.